The van der Waals surface area contributed by atoms with Crippen LogP contribution in [-0.4, -0.2) is 16.3 Å². The SMILES string of the molecule is Nc1nc(C=O)c(-c2cccc3ccccc23)c(=O)[nH]1. The number of carbonyl (C=O) groups excluding carboxylic acids is 1. The number of aromatic amines is 1. The minimum atomic E-state index is -0.420. The Morgan fingerprint density at radius 2 is 1.85 bits per heavy atom. The minimum Gasteiger partial charge on any atom is -0.369 e. The van der Waals surface area contributed by atoms with E-state index in [0.29, 0.717) is 11.8 Å². The molecule has 0 bridgehead atoms. The van der Waals surface area contributed by atoms with Crippen LogP contribution in [0.15, 0.2) is 47.3 Å². The molecule has 0 aliphatic rings. The number of H-pyrrole nitrogens is 1. The molecular weight excluding hydrogens is 254 g/mol. The molecule has 1 aromatic heterocycles. The van der Waals surface area contributed by atoms with Gasteiger partial charge in [-0.2, -0.15) is 0 Å². The maximum atomic E-state index is 12.1. The molecule has 0 saturated heterocycles. The van der Waals surface area contributed by atoms with Crippen LogP contribution in [0, 0.1) is 0 Å². The highest BCUT2D eigenvalue weighted by atomic mass is 16.1. The number of hydrogen-bond acceptors (Lipinski definition) is 4. The Bertz CT molecular complexity index is 863. The average molecular weight is 265 g/mol. The van der Waals surface area contributed by atoms with E-state index in [-0.39, 0.29) is 17.2 Å². The molecule has 0 spiro atoms. The van der Waals surface area contributed by atoms with Gasteiger partial charge in [-0.1, -0.05) is 42.5 Å². The summed E-state index contributed by atoms with van der Waals surface area (Å²) in [6.07, 6.45) is 0.544. The predicted molar refractivity (Wildman–Crippen MR) is 77.6 cm³/mol. The van der Waals surface area contributed by atoms with Crippen LogP contribution in [0.25, 0.3) is 21.9 Å². The minimum absolute atomic E-state index is 0.0441. The van der Waals surface area contributed by atoms with Crippen molar-refractivity contribution in [3.8, 4) is 11.1 Å². The summed E-state index contributed by atoms with van der Waals surface area (Å²) in [7, 11) is 0. The molecule has 2 aromatic carbocycles. The standard InChI is InChI=1S/C15H11N3O2/c16-15-17-12(8-19)13(14(20)18-15)11-7-3-5-9-4-1-2-6-10(9)11/h1-8H,(H3,16,17,18,20). The van der Waals surface area contributed by atoms with Gasteiger partial charge < -0.3 is 5.73 Å². The van der Waals surface area contributed by atoms with E-state index in [0.717, 1.165) is 10.8 Å². The number of nitrogen functional groups attached to an aromatic ring is 1. The van der Waals surface area contributed by atoms with E-state index < -0.39 is 5.56 Å². The number of fused-ring (bicyclic) bond motifs is 1. The first kappa shape index (κ1) is 12.1. The third kappa shape index (κ3) is 1.85. The van der Waals surface area contributed by atoms with Crippen LogP contribution in [0.3, 0.4) is 0 Å². The fourth-order valence-corrected chi connectivity index (χ4v) is 2.30. The van der Waals surface area contributed by atoms with E-state index in [9.17, 15) is 9.59 Å². The van der Waals surface area contributed by atoms with Gasteiger partial charge in [0.05, 0.1) is 5.56 Å². The second-order valence-corrected chi connectivity index (χ2v) is 4.36. The van der Waals surface area contributed by atoms with Crippen LogP contribution >= 0.6 is 0 Å². The molecule has 0 fully saturated rings. The summed E-state index contributed by atoms with van der Waals surface area (Å²) in [5, 5.41) is 1.87. The van der Waals surface area contributed by atoms with Gasteiger partial charge in [-0.25, -0.2) is 4.98 Å². The molecular formula is C15H11N3O2. The van der Waals surface area contributed by atoms with Gasteiger partial charge in [-0.15, -0.1) is 0 Å². The lowest BCUT2D eigenvalue weighted by atomic mass is 9.98. The zero-order chi connectivity index (χ0) is 14.1. The van der Waals surface area contributed by atoms with Crippen LogP contribution in [0.2, 0.25) is 0 Å². The second kappa shape index (κ2) is 4.62. The van der Waals surface area contributed by atoms with Crippen LogP contribution in [-0.2, 0) is 0 Å². The number of carbonyl (C=O) groups is 1. The molecule has 3 N–H and O–H groups in total. The Labute approximate surface area is 114 Å². The number of rotatable bonds is 2. The Balaban J connectivity index is 2.43. The Morgan fingerprint density at radius 3 is 2.65 bits per heavy atom. The van der Waals surface area contributed by atoms with Crippen molar-refractivity contribution in [2.75, 3.05) is 5.73 Å². The molecule has 0 aliphatic heterocycles. The first-order chi connectivity index (χ1) is 9.70. The van der Waals surface area contributed by atoms with Gasteiger partial charge in [0, 0.05) is 0 Å². The van der Waals surface area contributed by atoms with E-state index in [1.54, 1.807) is 6.07 Å². The van der Waals surface area contributed by atoms with Crippen molar-refractivity contribution in [3.05, 3.63) is 58.5 Å². The Morgan fingerprint density at radius 1 is 1.10 bits per heavy atom. The molecule has 0 radical (unpaired) electrons. The van der Waals surface area contributed by atoms with E-state index in [4.69, 9.17) is 5.73 Å². The molecule has 5 nitrogen and oxygen atoms in total. The number of aldehydes is 1. The molecule has 0 unspecified atom stereocenters. The highest BCUT2D eigenvalue weighted by molar-refractivity contribution is 5.99. The van der Waals surface area contributed by atoms with E-state index in [1.807, 2.05) is 36.4 Å². The van der Waals surface area contributed by atoms with Crippen molar-refractivity contribution in [1.29, 1.82) is 0 Å². The summed E-state index contributed by atoms with van der Waals surface area (Å²) in [5.74, 6) is -0.0684. The van der Waals surface area contributed by atoms with Gasteiger partial charge in [0.1, 0.15) is 5.69 Å². The van der Waals surface area contributed by atoms with Gasteiger partial charge in [-0.3, -0.25) is 14.6 Å². The summed E-state index contributed by atoms with van der Waals surface area (Å²) in [5.41, 5.74) is 6.00. The monoisotopic (exact) mass is 265 g/mol. The average Bonchev–Trinajstić information content (AvgIpc) is 2.46. The number of nitrogens with one attached hydrogen (secondary N) is 1. The lowest BCUT2D eigenvalue weighted by Crippen LogP contribution is -2.16. The summed E-state index contributed by atoms with van der Waals surface area (Å²) in [6, 6.07) is 13.2. The second-order valence-electron chi connectivity index (χ2n) is 4.36. The third-order valence-electron chi connectivity index (χ3n) is 3.14. The van der Waals surface area contributed by atoms with Crippen molar-refractivity contribution < 1.29 is 4.79 Å². The molecule has 20 heavy (non-hydrogen) atoms. The Kier molecular flexibility index (Phi) is 2.80. The van der Waals surface area contributed by atoms with Crippen molar-refractivity contribution >= 4 is 23.0 Å². The maximum Gasteiger partial charge on any atom is 0.260 e. The molecule has 1 heterocycles. The van der Waals surface area contributed by atoms with Crippen molar-refractivity contribution in [2.24, 2.45) is 0 Å². The molecule has 0 atom stereocenters. The number of nitrogens with zero attached hydrogens (tertiary/aromatic N) is 1. The van der Waals surface area contributed by atoms with Gasteiger partial charge in [-0.05, 0) is 16.3 Å². The summed E-state index contributed by atoms with van der Waals surface area (Å²) in [6.45, 7) is 0. The summed E-state index contributed by atoms with van der Waals surface area (Å²) < 4.78 is 0. The molecule has 0 aliphatic carbocycles. The fourth-order valence-electron chi connectivity index (χ4n) is 2.30. The molecule has 98 valence electrons. The van der Waals surface area contributed by atoms with Crippen LogP contribution in [0.5, 0.6) is 0 Å². The van der Waals surface area contributed by atoms with E-state index >= 15 is 0 Å². The van der Waals surface area contributed by atoms with Crippen molar-refractivity contribution in [2.45, 2.75) is 0 Å². The highest BCUT2D eigenvalue weighted by Gasteiger charge is 2.14. The number of anilines is 1. The molecule has 3 aromatic rings. The number of benzene rings is 2. The summed E-state index contributed by atoms with van der Waals surface area (Å²) >= 11 is 0. The van der Waals surface area contributed by atoms with Gasteiger partial charge in [0.2, 0.25) is 5.95 Å². The number of hydrogen-bond donors (Lipinski definition) is 2. The topological polar surface area (TPSA) is 88.8 Å². The molecule has 0 saturated carbocycles. The quantitative estimate of drug-likeness (QED) is 0.693. The fraction of sp³-hybridized carbons (Fsp3) is 0. The number of nitrogens with two attached hydrogens (primary N) is 1. The first-order valence-electron chi connectivity index (χ1n) is 6.04. The van der Waals surface area contributed by atoms with Gasteiger partial charge in [0.25, 0.3) is 5.56 Å². The summed E-state index contributed by atoms with van der Waals surface area (Å²) in [4.78, 5) is 29.6. The Hall–Kier alpha value is -2.95. The zero-order valence-electron chi connectivity index (χ0n) is 10.5. The zero-order valence-corrected chi connectivity index (χ0v) is 10.5. The largest absolute Gasteiger partial charge is 0.369 e. The lowest BCUT2D eigenvalue weighted by molar-refractivity contribution is 0.111. The predicted octanol–water partition coefficient (Wildman–Crippen LogP) is 1.98. The van der Waals surface area contributed by atoms with Crippen LogP contribution in [0.1, 0.15) is 10.5 Å². The van der Waals surface area contributed by atoms with Crippen molar-refractivity contribution in [1.82, 2.24) is 9.97 Å². The van der Waals surface area contributed by atoms with E-state index in [1.165, 1.54) is 0 Å². The highest BCUT2D eigenvalue weighted by Crippen LogP contribution is 2.27. The molecule has 5 heteroatoms. The van der Waals surface area contributed by atoms with Gasteiger partial charge in [0.15, 0.2) is 6.29 Å². The number of aromatic nitrogens is 2. The third-order valence-corrected chi connectivity index (χ3v) is 3.14. The molecule has 0 amide bonds. The van der Waals surface area contributed by atoms with E-state index in [2.05, 4.69) is 9.97 Å². The molecule has 3 rings (SSSR count). The normalized spacial score (nSPS) is 10.6. The maximum absolute atomic E-state index is 12.1. The van der Waals surface area contributed by atoms with Crippen molar-refractivity contribution in [3.63, 3.8) is 0 Å². The van der Waals surface area contributed by atoms with Crippen LogP contribution in [0.4, 0.5) is 5.95 Å². The van der Waals surface area contributed by atoms with Gasteiger partial charge >= 0.3 is 0 Å². The first-order valence-corrected chi connectivity index (χ1v) is 6.04. The van der Waals surface area contributed by atoms with Crippen LogP contribution < -0.4 is 11.3 Å². The smallest absolute Gasteiger partial charge is 0.260 e. The lowest BCUT2D eigenvalue weighted by Gasteiger charge is -2.08.